The van der Waals surface area contributed by atoms with Crippen LogP contribution in [0.2, 0.25) is 0 Å². The minimum atomic E-state index is -1.20. The molecule has 0 saturated heterocycles. The molecule has 0 atom stereocenters. The molecule has 2 rings (SSSR count). The molecule has 1 N–H and O–H groups in total. The molecule has 0 aliphatic rings. The maximum Gasteiger partial charge on any atom is 0.335 e. The van der Waals surface area contributed by atoms with Crippen LogP contribution in [-0.2, 0) is 0 Å². The van der Waals surface area contributed by atoms with Crippen molar-refractivity contribution in [3.63, 3.8) is 0 Å². The van der Waals surface area contributed by atoms with Crippen LogP contribution in [0.3, 0.4) is 0 Å². The zero-order valence-corrected chi connectivity index (χ0v) is 11.2. The lowest BCUT2D eigenvalue weighted by molar-refractivity contribution is -0.387. The Morgan fingerprint density at radius 3 is 2.79 bits per heavy atom. The van der Waals surface area contributed by atoms with Gasteiger partial charge >= 0.3 is 5.97 Å². The standard InChI is InChI=1S/C10H7N3O4S2/c1-5-11-10(19-12-5)18-8-3-2-6(9(14)15)4-7(8)13(16)17/h2-4H,1H3,(H,14,15). The number of benzene rings is 1. The van der Waals surface area contributed by atoms with Gasteiger partial charge in [0.15, 0.2) is 4.34 Å². The van der Waals surface area contributed by atoms with Gasteiger partial charge in [-0.2, -0.15) is 4.37 Å². The Balaban J connectivity index is 2.39. The van der Waals surface area contributed by atoms with E-state index in [0.717, 1.165) is 29.4 Å². The SMILES string of the molecule is Cc1nsc(Sc2ccc(C(=O)O)cc2[N+](=O)[O-])n1. The smallest absolute Gasteiger partial charge is 0.335 e. The Kier molecular flexibility index (Phi) is 3.76. The number of carboxylic acids is 1. The molecule has 0 radical (unpaired) electrons. The van der Waals surface area contributed by atoms with Gasteiger partial charge in [0.2, 0.25) is 0 Å². The van der Waals surface area contributed by atoms with Gasteiger partial charge in [0, 0.05) is 6.07 Å². The number of hydrogen-bond acceptors (Lipinski definition) is 7. The summed E-state index contributed by atoms with van der Waals surface area (Å²) < 4.78 is 4.55. The van der Waals surface area contributed by atoms with E-state index >= 15 is 0 Å². The molecule has 0 amide bonds. The van der Waals surface area contributed by atoms with Crippen LogP contribution in [0.15, 0.2) is 27.4 Å². The Hall–Kier alpha value is -2.00. The quantitative estimate of drug-likeness (QED) is 0.682. The lowest BCUT2D eigenvalue weighted by atomic mass is 10.2. The second-order valence-electron chi connectivity index (χ2n) is 3.45. The monoisotopic (exact) mass is 297 g/mol. The van der Waals surface area contributed by atoms with E-state index in [1.807, 2.05) is 0 Å². The van der Waals surface area contributed by atoms with Gasteiger partial charge < -0.3 is 5.11 Å². The van der Waals surface area contributed by atoms with Crippen LogP contribution in [0.5, 0.6) is 0 Å². The first-order valence-electron chi connectivity index (χ1n) is 4.97. The molecule has 1 aromatic heterocycles. The molecule has 0 fully saturated rings. The summed E-state index contributed by atoms with van der Waals surface area (Å²) in [5.41, 5.74) is -0.373. The van der Waals surface area contributed by atoms with Gasteiger partial charge in [-0.25, -0.2) is 9.78 Å². The third kappa shape index (κ3) is 3.06. The van der Waals surface area contributed by atoms with Crippen LogP contribution in [0.4, 0.5) is 5.69 Å². The number of nitro benzene ring substituents is 1. The fraction of sp³-hybridized carbons (Fsp3) is 0.100. The molecule has 0 unspecified atom stereocenters. The molecule has 0 aliphatic heterocycles. The second kappa shape index (κ2) is 5.33. The van der Waals surface area contributed by atoms with E-state index in [-0.39, 0.29) is 11.3 Å². The fourth-order valence-electron chi connectivity index (χ4n) is 1.29. The van der Waals surface area contributed by atoms with E-state index in [0.29, 0.717) is 15.1 Å². The summed E-state index contributed by atoms with van der Waals surface area (Å²) in [7, 11) is 0. The number of aromatic nitrogens is 2. The van der Waals surface area contributed by atoms with Crippen molar-refractivity contribution in [1.29, 1.82) is 0 Å². The number of aryl methyl sites for hydroxylation is 1. The molecule has 0 aliphatic carbocycles. The highest BCUT2D eigenvalue weighted by atomic mass is 32.2. The van der Waals surface area contributed by atoms with Crippen molar-refractivity contribution in [2.24, 2.45) is 0 Å². The first-order chi connectivity index (χ1) is 8.97. The predicted molar refractivity (Wildman–Crippen MR) is 68.8 cm³/mol. The summed E-state index contributed by atoms with van der Waals surface area (Å²) in [4.78, 5) is 25.6. The molecule has 19 heavy (non-hydrogen) atoms. The topological polar surface area (TPSA) is 106 Å². The third-order valence-corrected chi connectivity index (χ3v) is 4.02. The zero-order chi connectivity index (χ0) is 14.0. The molecule has 7 nitrogen and oxygen atoms in total. The number of aromatic carboxylic acids is 1. The van der Waals surface area contributed by atoms with E-state index in [1.165, 1.54) is 12.1 Å². The highest BCUT2D eigenvalue weighted by Gasteiger charge is 2.19. The van der Waals surface area contributed by atoms with E-state index in [4.69, 9.17) is 5.11 Å². The molecular weight excluding hydrogens is 290 g/mol. The van der Waals surface area contributed by atoms with Crippen molar-refractivity contribution in [2.45, 2.75) is 16.2 Å². The van der Waals surface area contributed by atoms with E-state index in [1.54, 1.807) is 6.92 Å². The van der Waals surface area contributed by atoms with Crippen LogP contribution < -0.4 is 0 Å². The summed E-state index contributed by atoms with van der Waals surface area (Å²) >= 11 is 2.23. The minimum absolute atomic E-state index is 0.121. The van der Waals surface area contributed by atoms with Crippen molar-refractivity contribution < 1.29 is 14.8 Å². The molecule has 9 heteroatoms. The summed E-state index contributed by atoms with van der Waals surface area (Å²) in [6.07, 6.45) is 0. The number of rotatable bonds is 4. The fourth-order valence-corrected chi connectivity index (χ4v) is 2.99. The van der Waals surface area contributed by atoms with E-state index < -0.39 is 10.9 Å². The Bertz CT molecular complexity index is 656. The highest BCUT2D eigenvalue weighted by Crippen LogP contribution is 2.36. The van der Waals surface area contributed by atoms with Gasteiger partial charge in [-0.1, -0.05) is 11.8 Å². The average molecular weight is 297 g/mol. The maximum absolute atomic E-state index is 11.0. The maximum atomic E-state index is 11.0. The molecule has 0 saturated carbocycles. The van der Waals surface area contributed by atoms with E-state index in [9.17, 15) is 14.9 Å². The third-order valence-electron chi connectivity index (χ3n) is 2.11. The first-order valence-corrected chi connectivity index (χ1v) is 6.56. The summed E-state index contributed by atoms with van der Waals surface area (Å²) in [5.74, 6) is -0.608. The summed E-state index contributed by atoms with van der Waals surface area (Å²) in [6, 6.07) is 3.77. The van der Waals surface area contributed by atoms with E-state index in [2.05, 4.69) is 9.36 Å². The molecule has 2 aromatic rings. The first kappa shape index (κ1) is 13.4. The molecule has 0 bridgehead atoms. The van der Waals surface area contributed by atoms with Crippen LogP contribution in [0, 0.1) is 17.0 Å². The molecule has 0 spiro atoms. The van der Waals surface area contributed by atoms with Gasteiger partial charge in [-0.3, -0.25) is 10.1 Å². The Morgan fingerprint density at radius 2 is 2.26 bits per heavy atom. The van der Waals surface area contributed by atoms with Gasteiger partial charge in [0.1, 0.15) is 5.82 Å². The van der Waals surface area contributed by atoms with Crippen molar-refractivity contribution in [2.75, 3.05) is 0 Å². The highest BCUT2D eigenvalue weighted by molar-refractivity contribution is 8.01. The van der Waals surface area contributed by atoms with Crippen molar-refractivity contribution in [3.8, 4) is 0 Å². The number of nitro groups is 1. The van der Waals surface area contributed by atoms with Crippen molar-refractivity contribution in [3.05, 3.63) is 39.7 Å². The number of carboxylic acid groups (broad SMARTS) is 1. The molecule has 1 heterocycles. The zero-order valence-electron chi connectivity index (χ0n) is 9.56. The molecule has 1 aromatic carbocycles. The van der Waals surface area contributed by atoms with Gasteiger partial charge in [-0.05, 0) is 30.6 Å². The van der Waals surface area contributed by atoms with Crippen LogP contribution >= 0.6 is 23.3 Å². The van der Waals surface area contributed by atoms with Crippen molar-refractivity contribution >= 4 is 35.0 Å². The Morgan fingerprint density at radius 1 is 1.53 bits per heavy atom. The number of nitrogens with zero attached hydrogens (tertiary/aromatic N) is 3. The van der Waals surface area contributed by atoms with Gasteiger partial charge in [0.25, 0.3) is 5.69 Å². The van der Waals surface area contributed by atoms with Crippen LogP contribution in [0.1, 0.15) is 16.2 Å². The van der Waals surface area contributed by atoms with Crippen LogP contribution in [-0.4, -0.2) is 25.4 Å². The Labute approximate surface area is 115 Å². The predicted octanol–water partition coefficient (Wildman–Crippen LogP) is 2.60. The lowest BCUT2D eigenvalue weighted by Gasteiger charge is -2.01. The largest absolute Gasteiger partial charge is 0.478 e. The lowest BCUT2D eigenvalue weighted by Crippen LogP contribution is -1.99. The number of carbonyl (C=O) groups is 1. The van der Waals surface area contributed by atoms with Gasteiger partial charge in [-0.15, -0.1) is 0 Å². The minimum Gasteiger partial charge on any atom is -0.478 e. The second-order valence-corrected chi connectivity index (χ2v) is 5.50. The molecule has 98 valence electrons. The number of hydrogen-bond donors (Lipinski definition) is 1. The summed E-state index contributed by atoms with van der Waals surface area (Å²) in [6.45, 7) is 1.72. The van der Waals surface area contributed by atoms with Crippen LogP contribution in [0.25, 0.3) is 0 Å². The van der Waals surface area contributed by atoms with Crippen molar-refractivity contribution in [1.82, 2.24) is 9.36 Å². The normalized spacial score (nSPS) is 10.4. The summed E-state index contributed by atoms with van der Waals surface area (Å²) in [5, 5.41) is 19.8. The van der Waals surface area contributed by atoms with Gasteiger partial charge in [0.05, 0.1) is 15.4 Å². The average Bonchev–Trinajstić information content (AvgIpc) is 2.74. The molecular formula is C10H7N3O4S2.